The lowest BCUT2D eigenvalue weighted by molar-refractivity contribution is -0.142. The number of aryl methyl sites for hydroxylation is 1. The highest BCUT2D eigenvalue weighted by Gasteiger charge is 2.70. The van der Waals surface area contributed by atoms with Gasteiger partial charge in [-0.25, -0.2) is 0 Å². The molecule has 9 heteroatoms. The Morgan fingerprint density at radius 3 is 2.58 bits per heavy atom. The summed E-state index contributed by atoms with van der Waals surface area (Å²) < 4.78 is 0. The number of benzene rings is 2. The number of fused-ring (bicyclic) bond motifs is 4. The maximum absolute atomic E-state index is 13.7. The van der Waals surface area contributed by atoms with Crippen molar-refractivity contribution in [2.24, 2.45) is 17.6 Å². The van der Waals surface area contributed by atoms with Crippen LogP contribution in [0.2, 0.25) is 5.02 Å². The highest BCUT2D eigenvalue weighted by Crippen LogP contribution is 2.54. The maximum atomic E-state index is 13.7. The average molecular weight is 467 g/mol. The number of likely N-dealkylation sites (tertiary alicyclic amines) is 1. The van der Waals surface area contributed by atoms with E-state index in [4.69, 9.17) is 17.3 Å². The topological polar surface area (TPSA) is 122 Å². The summed E-state index contributed by atoms with van der Waals surface area (Å²) in [5.74, 6) is -3.75. The molecule has 3 aliphatic heterocycles. The average Bonchev–Trinajstić information content (AvgIpc) is 3.33. The lowest BCUT2D eigenvalue weighted by Crippen LogP contribution is -2.53. The highest BCUT2D eigenvalue weighted by molar-refractivity contribution is 6.31. The van der Waals surface area contributed by atoms with Crippen LogP contribution in [0.1, 0.15) is 23.1 Å². The number of nitrogens with zero attached hydrogens (tertiary/aromatic N) is 1. The van der Waals surface area contributed by atoms with E-state index in [0.717, 1.165) is 11.1 Å². The second kappa shape index (κ2) is 7.67. The summed E-state index contributed by atoms with van der Waals surface area (Å²) in [5.41, 5.74) is 6.79. The molecule has 2 fully saturated rings. The number of primary amides is 1. The third kappa shape index (κ3) is 3.16. The third-order valence-corrected chi connectivity index (χ3v) is 7.18. The minimum atomic E-state index is -1.50. The van der Waals surface area contributed by atoms with Crippen molar-refractivity contribution < 1.29 is 19.2 Å². The van der Waals surface area contributed by atoms with Crippen molar-refractivity contribution in [3.8, 4) is 0 Å². The van der Waals surface area contributed by atoms with E-state index in [2.05, 4.69) is 10.6 Å². The second-order valence-corrected chi connectivity index (χ2v) is 9.33. The van der Waals surface area contributed by atoms with E-state index in [0.29, 0.717) is 22.7 Å². The van der Waals surface area contributed by atoms with Gasteiger partial charge in [-0.1, -0.05) is 41.9 Å². The van der Waals surface area contributed by atoms with Crippen LogP contribution in [-0.2, 0) is 31.1 Å². The Bertz CT molecular complexity index is 1200. The van der Waals surface area contributed by atoms with Crippen molar-refractivity contribution in [2.75, 3.05) is 11.9 Å². The van der Waals surface area contributed by atoms with Crippen LogP contribution < -0.4 is 16.4 Å². The number of nitrogens with two attached hydrogens (primary N) is 1. The third-order valence-electron chi connectivity index (χ3n) is 6.97. The minimum absolute atomic E-state index is 0.170. The number of nitrogens with one attached hydrogen (secondary N) is 2. The van der Waals surface area contributed by atoms with E-state index in [9.17, 15) is 19.2 Å². The van der Waals surface area contributed by atoms with Gasteiger partial charge in [0.25, 0.3) is 0 Å². The zero-order chi connectivity index (χ0) is 23.5. The Kier molecular flexibility index (Phi) is 5.02. The van der Waals surface area contributed by atoms with E-state index in [1.807, 2.05) is 37.3 Å². The molecule has 0 radical (unpaired) electrons. The fourth-order valence-electron chi connectivity index (χ4n) is 5.59. The zero-order valence-corrected chi connectivity index (χ0v) is 18.7. The van der Waals surface area contributed by atoms with Gasteiger partial charge in [0, 0.05) is 35.3 Å². The molecular formula is C24H23ClN4O4. The predicted octanol–water partition coefficient (Wildman–Crippen LogP) is 1.49. The van der Waals surface area contributed by atoms with Crippen LogP contribution in [0.25, 0.3) is 0 Å². The standard InChI is InChI=1S/C24H23ClN4O4/c1-12-9-14(25)10-15-20(12)27-23(33)24(15)19-18(16(28-24)11-17(26)30)21(31)29(22(19)32)8-7-13-5-3-2-4-6-13/h2-6,9-10,16,18-19,28H,7-8,11H2,1H3,(H2,26,30)(H,27,33)/t16-,18-,19-,24+/m1/s1. The quantitative estimate of drug-likeness (QED) is 0.576. The molecule has 0 saturated carbocycles. The first kappa shape index (κ1) is 21.6. The fraction of sp³-hybridized carbons (Fsp3) is 0.333. The number of carbonyl (C=O) groups is 4. The first-order chi connectivity index (χ1) is 15.7. The molecule has 2 saturated heterocycles. The lowest BCUT2D eigenvalue weighted by Gasteiger charge is -2.29. The molecule has 2 aromatic rings. The largest absolute Gasteiger partial charge is 0.370 e. The molecule has 8 nitrogen and oxygen atoms in total. The number of halogens is 1. The van der Waals surface area contributed by atoms with Gasteiger partial charge in [-0.3, -0.25) is 29.4 Å². The summed E-state index contributed by atoms with van der Waals surface area (Å²) in [4.78, 5) is 53.6. The van der Waals surface area contributed by atoms with Gasteiger partial charge in [0.15, 0.2) is 0 Å². The van der Waals surface area contributed by atoms with Crippen LogP contribution in [0.15, 0.2) is 42.5 Å². The fourth-order valence-corrected chi connectivity index (χ4v) is 5.86. The van der Waals surface area contributed by atoms with Crippen molar-refractivity contribution >= 4 is 40.9 Å². The molecule has 3 aliphatic rings. The first-order valence-electron chi connectivity index (χ1n) is 10.8. The number of hydrogen-bond donors (Lipinski definition) is 3. The molecule has 2 aromatic carbocycles. The molecular weight excluding hydrogens is 444 g/mol. The van der Waals surface area contributed by atoms with Crippen molar-refractivity contribution in [2.45, 2.75) is 31.3 Å². The summed E-state index contributed by atoms with van der Waals surface area (Å²) in [7, 11) is 0. The van der Waals surface area contributed by atoms with E-state index < -0.39 is 47.0 Å². The number of carbonyl (C=O) groups excluding carboxylic acids is 4. The molecule has 3 heterocycles. The van der Waals surface area contributed by atoms with Gasteiger partial charge >= 0.3 is 0 Å². The number of imide groups is 1. The molecule has 0 aliphatic carbocycles. The van der Waals surface area contributed by atoms with Crippen molar-refractivity contribution in [1.29, 1.82) is 0 Å². The molecule has 4 atom stereocenters. The van der Waals surface area contributed by atoms with Crippen LogP contribution >= 0.6 is 11.6 Å². The first-order valence-corrected chi connectivity index (χ1v) is 11.2. The smallest absolute Gasteiger partial charge is 0.250 e. The molecule has 0 aromatic heterocycles. The van der Waals surface area contributed by atoms with Crippen molar-refractivity contribution in [1.82, 2.24) is 10.2 Å². The van der Waals surface area contributed by atoms with E-state index >= 15 is 0 Å². The second-order valence-electron chi connectivity index (χ2n) is 8.90. The SMILES string of the molecule is Cc1cc(Cl)cc2c1NC(=O)[C@]21N[C@H](CC(N)=O)[C@H]2C(=O)N(CCc3ccccc3)C(=O)[C@@H]21. The van der Waals surface area contributed by atoms with Crippen LogP contribution in [0, 0.1) is 18.8 Å². The monoisotopic (exact) mass is 466 g/mol. The van der Waals surface area contributed by atoms with Crippen LogP contribution in [0.3, 0.4) is 0 Å². The number of amides is 4. The normalized spacial score (nSPS) is 27.8. The Hall–Kier alpha value is -3.23. The van der Waals surface area contributed by atoms with E-state index in [1.165, 1.54) is 4.90 Å². The Morgan fingerprint density at radius 2 is 1.88 bits per heavy atom. The molecule has 5 rings (SSSR count). The molecule has 1 spiro atoms. The van der Waals surface area contributed by atoms with Gasteiger partial charge in [0.2, 0.25) is 23.6 Å². The van der Waals surface area contributed by atoms with E-state index in [-0.39, 0.29) is 13.0 Å². The Labute approximate surface area is 195 Å². The lowest BCUT2D eigenvalue weighted by atomic mass is 9.76. The molecule has 4 N–H and O–H groups in total. The Morgan fingerprint density at radius 1 is 1.15 bits per heavy atom. The van der Waals surface area contributed by atoms with Gasteiger partial charge in [0.05, 0.1) is 11.8 Å². The van der Waals surface area contributed by atoms with Gasteiger partial charge in [-0.05, 0) is 36.6 Å². The van der Waals surface area contributed by atoms with Crippen LogP contribution in [0.5, 0.6) is 0 Å². The zero-order valence-electron chi connectivity index (χ0n) is 17.9. The van der Waals surface area contributed by atoms with Crippen molar-refractivity contribution in [3.05, 3.63) is 64.2 Å². The predicted molar refractivity (Wildman–Crippen MR) is 121 cm³/mol. The molecule has 0 bridgehead atoms. The number of rotatable bonds is 5. The molecule has 0 unspecified atom stereocenters. The summed E-state index contributed by atoms with van der Waals surface area (Å²) in [6.07, 6.45) is 0.322. The van der Waals surface area contributed by atoms with Gasteiger partial charge in [0.1, 0.15) is 5.54 Å². The highest BCUT2D eigenvalue weighted by atomic mass is 35.5. The minimum Gasteiger partial charge on any atom is -0.370 e. The number of hydrogen-bond acceptors (Lipinski definition) is 5. The Balaban J connectivity index is 1.57. The summed E-state index contributed by atoms with van der Waals surface area (Å²) in [5, 5.41) is 6.45. The van der Waals surface area contributed by atoms with Gasteiger partial charge in [-0.15, -0.1) is 0 Å². The van der Waals surface area contributed by atoms with Crippen LogP contribution in [-0.4, -0.2) is 41.1 Å². The van der Waals surface area contributed by atoms with E-state index in [1.54, 1.807) is 12.1 Å². The van der Waals surface area contributed by atoms with Crippen LogP contribution in [0.4, 0.5) is 5.69 Å². The summed E-state index contributed by atoms with van der Waals surface area (Å²) in [6.45, 7) is 2.00. The van der Waals surface area contributed by atoms with Gasteiger partial charge in [-0.2, -0.15) is 0 Å². The van der Waals surface area contributed by atoms with Gasteiger partial charge < -0.3 is 11.1 Å². The molecule has 33 heavy (non-hydrogen) atoms. The summed E-state index contributed by atoms with van der Waals surface area (Å²) in [6, 6.07) is 12.2. The molecule has 170 valence electrons. The molecule has 4 amide bonds. The van der Waals surface area contributed by atoms with Crippen molar-refractivity contribution in [3.63, 3.8) is 0 Å². The summed E-state index contributed by atoms with van der Waals surface area (Å²) >= 11 is 6.31. The maximum Gasteiger partial charge on any atom is 0.250 e. The number of anilines is 1.